The van der Waals surface area contributed by atoms with Crippen LogP contribution in [0.25, 0.3) is 145 Å². The van der Waals surface area contributed by atoms with E-state index < -0.39 is 5.41 Å². The molecular weight excluding hydrogens is 1790 g/mol. The highest BCUT2D eigenvalue weighted by Crippen LogP contribution is 2.66. The average molecular weight is 1970 g/mol. The minimum atomic E-state index is -0.417. The molecule has 0 saturated heterocycles. The lowest BCUT2D eigenvalue weighted by Gasteiger charge is -2.35. The molecule has 0 radical (unpaired) electrons. The highest BCUT2D eigenvalue weighted by molar-refractivity contribution is 6.01. The topological polar surface area (TPSA) is 0 Å². The van der Waals surface area contributed by atoms with E-state index in [9.17, 15) is 0 Å². The van der Waals surface area contributed by atoms with Crippen LogP contribution in [0.4, 0.5) is 0 Å². The predicted molar refractivity (Wildman–Crippen MR) is 644 cm³/mol. The van der Waals surface area contributed by atoms with Crippen molar-refractivity contribution in [2.45, 2.75) is 358 Å². The minimum Gasteiger partial charge on any atom is -0.0653 e. The molecule has 0 nitrogen and oxygen atoms in total. The number of fused-ring (bicyclic) bond motifs is 21. The lowest BCUT2D eigenvalue weighted by atomic mass is 9.68. The highest BCUT2D eigenvalue weighted by atomic mass is 14.6. The Hall–Kier alpha value is -10.9. The Morgan fingerprint density at radius 2 is 0.295 bits per heavy atom. The Morgan fingerprint density at radius 1 is 0.141 bits per heavy atom. The first-order valence-corrected chi connectivity index (χ1v) is 59.6. The number of hydrogen-bond donors (Lipinski definition) is 0. The molecule has 7 aliphatic carbocycles. The van der Waals surface area contributed by atoms with E-state index >= 15 is 0 Å². The number of benzene rings is 14. The Bertz CT molecular complexity index is 7310. The van der Waals surface area contributed by atoms with E-state index in [-0.39, 0.29) is 32.5 Å². The molecule has 14 aromatic carbocycles. The molecule has 0 bridgehead atoms. The fraction of sp³-hybridized carbons (Fsp3) is 0.436. The first kappa shape index (κ1) is 104. The molecule has 0 unspecified atom stereocenters. The van der Waals surface area contributed by atoms with Crippen LogP contribution in [0.2, 0.25) is 0 Å². The largest absolute Gasteiger partial charge is 0.0653 e. The average Bonchev–Trinajstić information content (AvgIpc) is 1.54. The van der Waals surface area contributed by atoms with E-state index in [2.05, 4.69) is 433 Å². The van der Waals surface area contributed by atoms with Crippen molar-refractivity contribution >= 4 is 0 Å². The van der Waals surface area contributed by atoms with Gasteiger partial charge >= 0.3 is 0 Å². The van der Waals surface area contributed by atoms with Gasteiger partial charge in [0.05, 0.1) is 0 Å². The second-order valence-electron chi connectivity index (χ2n) is 53.1. The van der Waals surface area contributed by atoms with Crippen molar-refractivity contribution in [3.05, 3.63) is 345 Å². The van der Waals surface area contributed by atoms with Crippen molar-refractivity contribution in [2.24, 2.45) is 59.2 Å². The fourth-order valence-corrected chi connectivity index (χ4v) is 30.2. The van der Waals surface area contributed by atoms with Crippen LogP contribution in [0.1, 0.15) is 398 Å². The van der Waals surface area contributed by atoms with Gasteiger partial charge in [-0.3, -0.25) is 0 Å². The van der Waals surface area contributed by atoms with Crippen molar-refractivity contribution in [1.29, 1.82) is 0 Å². The third-order valence-electron chi connectivity index (χ3n) is 38.5. The summed E-state index contributed by atoms with van der Waals surface area (Å²) in [5, 5.41) is 0. The SMILES string of the molecule is CCCC1(CCC)c2ccccc2-c2ccc(-c3cc4c(cc3-c3ccc5c(c3)C(CCC(C)C)(CCC(C)C)c3cc(-c6ccc7c(c6)C(CCC(C)C)(CCC(C)C)c6ccccc6-7)ccc3-5)C(C)(C)c3cc(-c5ccc6c(c5)C(CCC(C)C)(CCC(C)C)c5cc(-c7ccc8c(c7)C(CCC(C)C)(CCC(C)C)c7ccccc7-8)ccc5-6)c(-c5ccc6c(c5)C(CCC(C)C)(CCC(C)C)c5ccccc5-6)cc3-4)cc21. The van der Waals surface area contributed by atoms with E-state index in [1.165, 1.54) is 264 Å². The van der Waals surface area contributed by atoms with Crippen LogP contribution in [0, 0.1) is 59.2 Å². The summed E-state index contributed by atoms with van der Waals surface area (Å²) < 4.78 is 0. The zero-order valence-electron chi connectivity index (χ0n) is 95.6. The van der Waals surface area contributed by atoms with Gasteiger partial charge in [-0.1, -0.05) is 373 Å². The molecule has 7 aliphatic rings. The van der Waals surface area contributed by atoms with Gasteiger partial charge in [-0.25, -0.2) is 0 Å². The molecule has 0 amide bonds. The maximum absolute atomic E-state index is 2.80. The summed E-state index contributed by atoms with van der Waals surface area (Å²) in [5.74, 6) is 5.75. The molecule has 0 fully saturated rings. The lowest BCUT2D eigenvalue weighted by molar-refractivity contribution is 0.364. The number of rotatable bonds is 40. The van der Waals surface area contributed by atoms with E-state index in [0.29, 0.717) is 59.2 Å². The highest BCUT2D eigenvalue weighted by Gasteiger charge is 2.52. The maximum atomic E-state index is 2.80. The van der Waals surface area contributed by atoms with Gasteiger partial charge in [-0.2, -0.15) is 0 Å². The second kappa shape index (κ2) is 40.9. The van der Waals surface area contributed by atoms with Gasteiger partial charge in [0.15, 0.2) is 0 Å². The summed E-state index contributed by atoms with van der Waals surface area (Å²) in [6.07, 6.45) is 27.5. The van der Waals surface area contributed by atoms with Crippen LogP contribution in [0.3, 0.4) is 0 Å². The summed E-state index contributed by atoms with van der Waals surface area (Å²) >= 11 is 0. The van der Waals surface area contributed by atoms with Crippen LogP contribution in [-0.4, -0.2) is 0 Å². The quantitative estimate of drug-likeness (QED) is 0.0359. The zero-order valence-corrected chi connectivity index (χ0v) is 95.6. The van der Waals surface area contributed by atoms with E-state index in [0.717, 1.165) is 89.9 Å². The lowest BCUT2D eigenvalue weighted by Crippen LogP contribution is -2.27. The molecule has 0 heterocycles. The van der Waals surface area contributed by atoms with Crippen molar-refractivity contribution in [3.63, 3.8) is 0 Å². The van der Waals surface area contributed by atoms with Crippen LogP contribution >= 0.6 is 0 Å². The molecule has 0 N–H and O–H groups in total. The first-order valence-electron chi connectivity index (χ1n) is 59.6. The van der Waals surface area contributed by atoms with Gasteiger partial charge in [-0.15, -0.1) is 0 Å². The zero-order chi connectivity index (χ0) is 104. The van der Waals surface area contributed by atoms with Crippen molar-refractivity contribution in [2.75, 3.05) is 0 Å². The molecule has 0 saturated carbocycles. The normalized spacial score (nSPS) is 15.9. The van der Waals surface area contributed by atoms with Crippen LogP contribution < -0.4 is 0 Å². The molecule has 149 heavy (non-hydrogen) atoms. The standard InChI is InChI=1S/C149H174/c1-25-69-144(70-26-2)129-39-31-27-35-111(129)117-55-47-107(85-139(117)144)123-89-127-128-90-124(108-48-56-118-114-38-30-34-42-132(114)147(140(118)86-108,75-63-97(11)12)76-64-98(13)14)126(110-50-58-122-120-54-46-106(84-138(120)149(142(122)88-110,79-67-101(19)20)80-68-102(21)22)104-44-52-116-113-37-29-33-41-131(113)146(136(116)82-104,73-61-95(7)8)74-62-96(9)10)92-134(128)143(23,24)133(127)91-125(123)109-49-57-121-119-53-45-105(83-137(119)148(141(121)87-109,77-65-99(15)16)78-66-100(17)18)103-43-51-115-112-36-28-32-40-130(112)145(135(115)81-103,71-59-93(3)4)72-60-94(5)6/h27-58,81-102H,25-26,59-80H2,1-24H3. The third kappa shape index (κ3) is 18.0. The van der Waals surface area contributed by atoms with Gasteiger partial charge < -0.3 is 0 Å². The Labute approximate surface area is 900 Å². The second-order valence-corrected chi connectivity index (χ2v) is 53.1. The van der Waals surface area contributed by atoms with Gasteiger partial charge in [0.1, 0.15) is 0 Å². The molecule has 0 atom stereocenters. The fourth-order valence-electron chi connectivity index (χ4n) is 30.2. The van der Waals surface area contributed by atoms with E-state index in [4.69, 9.17) is 0 Å². The maximum Gasteiger partial charge on any atom is 0.0215 e. The Morgan fingerprint density at radius 3 is 0.483 bits per heavy atom. The summed E-state index contributed by atoms with van der Waals surface area (Å²) in [6.45, 7) is 59.2. The molecule has 0 heteroatoms. The molecule has 0 aliphatic heterocycles. The predicted octanol–water partition coefficient (Wildman–Crippen LogP) is 43.6. The molecule has 770 valence electrons. The minimum absolute atomic E-state index is 0.0337. The third-order valence-corrected chi connectivity index (χ3v) is 38.5. The van der Waals surface area contributed by atoms with Crippen LogP contribution in [0.15, 0.2) is 267 Å². The Kier molecular flexibility index (Phi) is 28.5. The van der Waals surface area contributed by atoms with Crippen molar-refractivity contribution < 1.29 is 0 Å². The summed E-state index contributed by atoms with van der Waals surface area (Å²) in [4.78, 5) is 0. The van der Waals surface area contributed by atoms with Crippen molar-refractivity contribution in [1.82, 2.24) is 0 Å². The van der Waals surface area contributed by atoms with Gasteiger partial charge in [0, 0.05) is 37.9 Å². The molecule has 14 aromatic rings. The summed E-state index contributed by atoms with van der Waals surface area (Å²) in [6, 6.07) is 112. The van der Waals surface area contributed by atoms with Crippen LogP contribution in [-0.2, 0) is 37.9 Å². The number of hydrogen-bond acceptors (Lipinski definition) is 0. The summed E-state index contributed by atoms with van der Waals surface area (Å²) in [7, 11) is 0. The monoisotopic (exact) mass is 1960 g/mol. The molecule has 21 rings (SSSR count). The van der Waals surface area contributed by atoms with Crippen LogP contribution in [0.5, 0.6) is 0 Å². The molecule has 0 spiro atoms. The molecular formula is C149H174. The van der Waals surface area contributed by atoms with Gasteiger partial charge in [0.25, 0.3) is 0 Å². The Balaban J connectivity index is 0.777. The van der Waals surface area contributed by atoms with Crippen molar-refractivity contribution in [3.8, 4) is 145 Å². The first-order chi connectivity index (χ1) is 71.6. The van der Waals surface area contributed by atoms with Gasteiger partial charge in [-0.05, 0) is 496 Å². The van der Waals surface area contributed by atoms with E-state index in [1.54, 1.807) is 22.3 Å². The van der Waals surface area contributed by atoms with Gasteiger partial charge in [0.2, 0.25) is 0 Å². The van der Waals surface area contributed by atoms with E-state index in [1.807, 2.05) is 0 Å². The molecule has 0 aromatic heterocycles. The summed E-state index contributed by atoms with van der Waals surface area (Å²) in [5.41, 5.74) is 56.0. The smallest absolute Gasteiger partial charge is 0.0215 e.